The molecule has 4 heteroatoms. The second-order valence-corrected chi connectivity index (χ2v) is 6.54. The zero-order chi connectivity index (χ0) is 16.3. The zero-order valence-corrected chi connectivity index (χ0v) is 13.1. The number of fused-ring (bicyclic) bond motifs is 5. The summed E-state index contributed by atoms with van der Waals surface area (Å²) in [5.74, 6) is -1.79. The first-order valence-electron chi connectivity index (χ1n) is 8.06. The van der Waals surface area contributed by atoms with E-state index in [1.54, 1.807) is 12.1 Å². The van der Waals surface area contributed by atoms with Crippen LogP contribution in [0.1, 0.15) is 20.3 Å². The summed E-state index contributed by atoms with van der Waals surface area (Å²) >= 11 is 0. The summed E-state index contributed by atoms with van der Waals surface area (Å²) in [5, 5.41) is 0. The second-order valence-electron chi connectivity index (χ2n) is 6.54. The van der Waals surface area contributed by atoms with Gasteiger partial charge in [-0.15, -0.1) is 0 Å². The van der Waals surface area contributed by atoms with E-state index in [1.165, 1.54) is 23.3 Å². The highest BCUT2D eigenvalue weighted by atomic mass is 19.1. The molecule has 1 aliphatic heterocycles. The number of halogens is 1. The molecule has 2 fully saturated rings. The fourth-order valence-corrected chi connectivity index (χ4v) is 4.41. The first-order chi connectivity index (χ1) is 11.1. The Balaban J connectivity index is 1.78. The molecule has 118 valence electrons. The lowest BCUT2D eigenvalue weighted by atomic mass is 9.85. The molecule has 1 aromatic rings. The number of allylic oxidation sites excluding steroid dienone is 4. The van der Waals surface area contributed by atoms with Gasteiger partial charge in [0.25, 0.3) is 0 Å². The number of rotatable bonds is 2. The van der Waals surface area contributed by atoms with E-state index in [9.17, 15) is 14.0 Å². The minimum atomic E-state index is -0.532. The lowest BCUT2D eigenvalue weighted by Gasteiger charge is -2.20. The van der Waals surface area contributed by atoms with Gasteiger partial charge in [0, 0.05) is 11.8 Å². The van der Waals surface area contributed by atoms with Crippen LogP contribution in [0.25, 0.3) is 0 Å². The van der Waals surface area contributed by atoms with E-state index >= 15 is 0 Å². The summed E-state index contributed by atoms with van der Waals surface area (Å²) in [5.41, 5.74) is 2.57. The van der Waals surface area contributed by atoms with Crippen LogP contribution < -0.4 is 4.90 Å². The number of para-hydroxylation sites is 1. The van der Waals surface area contributed by atoms with Crippen LogP contribution in [0.15, 0.2) is 47.6 Å². The van der Waals surface area contributed by atoms with Crippen molar-refractivity contribution in [3.63, 3.8) is 0 Å². The minimum Gasteiger partial charge on any atom is -0.274 e. The van der Waals surface area contributed by atoms with E-state index in [1.807, 2.05) is 0 Å². The number of carbonyl (C=O) groups excluding carboxylic acids is 2. The van der Waals surface area contributed by atoms with Crippen molar-refractivity contribution in [1.29, 1.82) is 0 Å². The molecular formula is C19H18FNO2. The maximum Gasteiger partial charge on any atom is 0.238 e. The van der Waals surface area contributed by atoms with Crippen LogP contribution >= 0.6 is 0 Å². The lowest BCUT2D eigenvalue weighted by molar-refractivity contribution is -0.123. The van der Waals surface area contributed by atoms with Gasteiger partial charge in [-0.2, -0.15) is 0 Å². The first-order valence-corrected chi connectivity index (χ1v) is 8.06. The van der Waals surface area contributed by atoms with Crippen molar-refractivity contribution in [3.8, 4) is 0 Å². The van der Waals surface area contributed by atoms with Crippen molar-refractivity contribution in [2.75, 3.05) is 4.90 Å². The molecule has 0 unspecified atom stereocenters. The average Bonchev–Trinajstić information content (AvgIpc) is 3.18. The number of nitrogens with zero attached hydrogens (tertiary/aromatic N) is 1. The summed E-state index contributed by atoms with van der Waals surface area (Å²) in [6.07, 6.45) is 5.02. The summed E-state index contributed by atoms with van der Waals surface area (Å²) in [4.78, 5) is 26.8. The van der Waals surface area contributed by atoms with Gasteiger partial charge in [-0.05, 0) is 25.5 Å². The Morgan fingerprint density at radius 3 is 2.17 bits per heavy atom. The fraction of sp³-hybridized carbons (Fsp3) is 0.368. The molecule has 4 rings (SSSR count). The Labute approximate surface area is 134 Å². The largest absolute Gasteiger partial charge is 0.274 e. The Morgan fingerprint density at radius 2 is 1.65 bits per heavy atom. The third kappa shape index (κ3) is 1.75. The highest BCUT2D eigenvalue weighted by Crippen LogP contribution is 2.57. The molecule has 3 nitrogen and oxygen atoms in total. The Hall–Kier alpha value is -2.23. The van der Waals surface area contributed by atoms with Crippen LogP contribution in [0.4, 0.5) is 10.1 Å². The van der Waals surface area contributed by atoms with E-state index in [4.69, 9.17) is 0 Å². The van der Waals surface area contributed by atoms with Crippen LogP contribution in [0.3, 0.4) is 0 Å². The average molecular weight is 311 g/mol. The standard InChI is InChI=1S/C19H18FNO2/c1-3-10(2)15-11-8-9-12(15)17-16(11)18(22)21(19(17)23)14-7-5-4-6-13(14)20/h4-9,11-12,16-17H,3H2,1-2H3/t11-,12-,16+,17+/m1/s1. The van der Waals surface area contributed by atoms with Gasteiger partial charge in [-0.3, -0.25) is 9.59 Å². The molecule has 1 saturated heterocycles. The van der Waals surface area contributed by atoms with Gasteiger partial charge in [0.15, 0.2) is 0 Å². The van der Waals surface area contributed by atoms with Crippen LogP contribution in [0, 0.1) is 29.5 Å². The van der Waals surface area contributed by atoms with Gasteiger partial charge < -0.3 is 0 Å². The topological polar surface area (TPSA) is 37.4 Å². The van der Waals surface area contributed by atoms with Crippen molar-refractivity contribution in [3.05, 3.63) is 53.4 Å². The maximum absolute atomic E-state index is 14.1. The van der Waals surface area contributed by atoms with Crippen molar-refractivity contribution in [1.82, 2.24) is 0 Å². The molecular weight excluding hydrogens is 293 g/mol. The van der Waals surface area contributed by atoms with Crippen molar-refractivity contribution >= 4 is 17.5 Å². The smallest absolute Gasteiger partial charge is 0.238 e. The fourth-order valence-electron chi connectivity index (χ4n) is 4.41. The van der Waals surface area contributed by atoms with E-state index in [0.29, 0.717) is 0 Å². The van der Waals surface area contributed by atoms with Crippen molar-refractivity contribution in [2.45, 2.75) is 20.3 Å². The van der Waals surface area contributed by atoms with Crippen molar-refractivity contribution < 1.29 is 14.0 Å². The molecule has 2 amide bonds. The molecule has 0 aromatic heterocycles. The predicted octanol–water partition coefficient (Wildman–Crippen LogP) is 3.47. The molecule has 1 heterocycles. The molecule has 0 spiro atoms. The monoisotopic (exact) mass is 311 g/mol. The molecule has 4 atom stereocenters. The Bertz CT molecular complexity index is 745. The van der Waals surface area contributed by atoms with Crippen LogP contribution in [-0.4, -0.2) is 11.8 Å². The summed E-state index contributed by atoms with van der Waals surface area (Å²) < 4.78 is 14.1. The molecule has 1 saturated carbocycles. The van der Waals surface area contributed by atoms with Gasteiger partial charge in [0.1, 0.15) is 5.82 Å². The molecule has 2 bridgehead atoms. The van der Waals surface area contributed by atoms with Crippen LogP contribution in [0.2, 0.25) is 0 Å². The van der Waals surface area contributed by atoms with Crippen LogP contribution in [-0.2, 0) is 9.59 Å². The second kappa shape index (κ2) is 4.88. The SMILES string of the molecule is CCC(C)=C1[C@H]2C=C[C@H]1[C@@H]1C(=O)N(c3ccccc3F)C(=O)[C@H]12. The molecule has 0 radical (unpaired) electrons. The number of anilines is 1. The highest BCUT2D eigenvalue weighted by Gasteiger charge is 2.62. The van der Waals surface area contributed by atoms with E-state index in [0.717, 1.165) is 11.3 Å². The van der Waals surface area contributed by atoms with E-state index in [-0.39, 0.29) is 41.2 Å². The quantitative estimate of drug-likeness (QED) is 0.619. The maximum atomic E-state index is 14.1. The van der Waals surface area contributed by atoms with Gasteiger partial charge >= 0.3 is 0 Å². The predicted molar refractivity (Wildman–Crippen MR) is 85.0 cm³/mol. The van der Waals surface area contributed by atoms with Crippen LogP contribution in [0.5, 0.6) is 0 Å². The normalized spacial score (nSPS) is 31.3. The molecule has 0 N–H and O–H groups in total. The Kier molecular flexibility index (Phi) is 3.05. The summed E-state index contributed by atoms with van der Waals surface area (Å²) in [7, 11) is 0. The first kappa shape index (κ1) is 14.4. The van der Waals surface area contributed by atoms with Crippen molar-refractivity contribution in [2.24, 2.45) is 23.7 Å². The third-order valence-electron chi connectivity index (χ3n) is 5.53. The lowest BCUT2D eigenvalue weighted by Crippen LogP contribution is -2.34. The molecule has 2 aliphatic carbocycles. The molecule has 1 aromatic carbocycles. The highest BCUT2D eigenvalue weighted by molar-refractivity contribution is 6.23. The third-order valence-corrected chi connectivity index (χ3v) is 5.53. The number of hydrogen-bond donors (Lipinski definition) is 0. The van der Waals surface area contributed by atoms with Gasteiger partial charge in [0.2, 0.25) is 11.8 Å². The number of hydrogen-bond acceptors (Lipinski definition) is 2. The molecule has 23 heavy (non-hydrogen) atoms. The Morgan fingerprint density at radius 1 is 1.09 bits per heavy atom. The number of imide groups is 1. The van der Waals surface area contributed by atoms with E-state index in [2.05, 4.69) is 26.0 Å². The van der Waals surface area contributed by atoms with Gasteiger partial charge in [-0.1, -0.05) is 42.4 Å². The van der Waals surface area contributed by atoms with E-state index < -0.39 is 5.82 Å². The van der Waals surface area contributed by atoms with Gasteiger partial charge in [0.05, 0.1) is 17.5 Å². The number of carbonyl (C=O) groups is 2. The zero-order valence-electron chi connectivity index (χ0n) is 13.1. The summed E-state index contributed by atoms with van der Waals surface area (Å²) in [6, 6.07) is 5.98. The summed E-state index contributed by atoms with van der Waals surface area (Å²) in [6.45, 7) is 4.16. The minimum absolute atomic E-state index is 0.00169. The molecule has 3 aliphatic rings. The number of amides is 2. The number of benzene rings is 1. The van der Waals surface area contributed by atoms with Gasteiger partial charge in [-0.25, -0.2) is 9.29 Å².